The number of amides is 2. The van der Waals surface area contributed by atoms with Crippen LogP contribution >= 0.6 is 35.6 Å². The molecule has 35 heavy (non-hydrogen) atoms. The van der Waals surface area contributed by atoms with Crippen LogP contribution in [0.3, 0.4) is 0 Å². The fraction of sp³-hybridized carbons (Fsp3) is 0.250. The molecule has 4 rings (SSSR count). The third kappa shape index (κ3) is 5.77. The van der Waals surface area contributed by atoms with Gasteiger partial charge in [-0.15, -0.1) is 0 Å². The Morgan fingerprint density at radius 3 is 2.69 bits per heavy atom. The normalized spacial score (nSPS) is 19.0. The van der Waals surface area contributed by atoms with Crippen LogP contribution in [0.1, 0.15) is 18.1 Å². The van der Waals surface area contributed by atoms with Crippen molar-refractivity contribution in [2.75, 3.05) is 19.7 Å². The number of benzene rings is 2. The lowest BCUT2D eigenvalue weighted by molar-refractivity contribution is -0.140. The van der Waals surface area contributed by atoms with Crippen LogP contribution in [0.25, 0.3) is 6.08 Å². The van der Waals surface area contributed by atoms with Crippen molar-refractivity contribution in [2.45, 2.75) is 19.4 Å². The monoisotopic (exact) mass is 532 g/mol. The molecule has 11 heteroatoms. The number of likely N-dealkylation sites (N-methyl/N-ethyl adjacent to an activating group) is 1. The van der Waals surface area contributed by atoms with Crippen LogP contribution in [-0.2, 0) is 20.7 Å². The first-order valence-electron chi connectivity index (χ1n) is 10.7. The van der Waals surface area contributed by atoms with E-state index in [1.165, 1.54) is 0 Å². The molecule has 1 unspecified atom stereocenters. The Labute approximate surface area is 216 Å². The summed E-state index contributed by atoms with van der Waals surface area (Å²) < 4.78 is 11.2. The number of cyclic esters (lactones) is 1. The van der Waals surface area contributed by atoms with Crippen LogP contribution < -0.4 is 4.74 Å². The summed E-state index contributed by atoms with van der Waals surface area (Å²) in [4.78, 5) is 38.2. The van der Waals surface area contributed by atoms with E-state index in [2.05, 4.69) is 0 Å². The van der Waals surface area contributed by atoms with E-state index in [4.69, 9.17) is 38.4 Å². The van der Waals surface area contributed by atoms with E-state index in [0.29, 0.717) is 46.6 Å². The quantitative estimate of drug-likeness (QED) is 0.382. The number of halogens is 1. The zero-order chi connectivity index (χ0) is 25.1. The third-order valence-corrected chi connectivity index (χ3v) is 7.13. The molecule has 1 N–H and O–H groups in total. The van der Waals surface area contributed by atoms with Gasteiger partial charge in [0, 0.05) is 6.54 Å². The molecule has 0 spiro atoms. The summed E-state index contributed by atoms with van der Waals surface area (Å²) >= 11 is 12.6. The van der Waals surface area contributed by atoms with E-state index in [1.807, 2.05) is 31.2 Å². The highest BCUT2D eigenvalue weighted by Crippen LogP contribution is 2.35. The fourth-order valence-corrected chi connectivity index (χ4v) is 5.23. The standard InChI is InChI=1S/C24H21ClN2O6S2/c1-2-26-16(13-32-23(26)31)9-14-3-6-17(7-4-14)33-19-8-5-15(10-18(19)25)11-20-22(30)27(12-21(28)29)24(34)35-20/h3-8,10-11,16H,2,9,12-13H2,1H3,(H,28,29). The molecule has 2 aromatic rings. The van der Waals surface area contributed by atoms with E-state index >= 15 is 0 Å². The number of hydrogen-bond donors (Lipinski definition) is 1. The predicted octanol–water partition coefficient (Wildman–Crippen LogP) is 4.80. The summed E-state index contributed by atoms with van der Waals surface area (Å²) in [5, 5.41) is 9.30. The Morgan fingerprint density at radius 1 is 1.29 bits per heavy atom. The van der Waals surface area contributed by atoms with E-state index in [0.717, 1.165) is 22.2 Å². The van der Waals surface area contributed by atoms with Gasteiger partial charge in [0.15, 0.2) is 0 Å². The van der Waals surface area contributed by atoms with Crippen LogP contribution in [0.2, 0.25) is 5.02 Å². The van der Waals surface area contributed by atoms with Gasteiger partial charge in [0.2, 0.25) is 0 Å². The summed E-state index contributed by atoms with van der Waals surface area (Å²) in [6.07, 6.45) is 2.03. The summed E-state index contributed by atoms with van der Waals surface area (Å²) in [6.45, 7) is 2.44. The van der Waals surface area contributed by atoms with Crippen molar-refractivity contribution in [3.05, 3.63) is 63.5 Å². The van der Waals surface area contributed by atoms with Crippen molar-refractivity contribution in [1.29, 1.82) is 0 Å². The highest BCUT2D eigenvalue weighted by molar-refractivity contribution is 8.26. The number of hydrogen-bond acceptors (Lipinski definition) is 7. The highest BCUT2D eigenvalue weighted by atomic mass is 35.5. The Bertz CT molecular complexity index is 1220. The Balaban J connectivity index is 1.41. The van der Waals surface area contributed by atoms with Gasteiger partial charge in [0.25, 0.3) is 5.91 Å². The molecule has 2 amide bonds. The predicted molar refractivity (Wildman–Crippen MR) is 137 cm³/mol. The second-order valence-corrected chi connectivity index (χ2v) is 9.90. The number of thiocarbonyl (C=S) groups is 1. The zero-order valence-corrected chi connectivity index (χ0v) is 21.0. The van der Waals surface area contributed by atoms with Gasteiger partial charge < -0.3 is 19.5 Å². The number of carbonyl (C=O) groups excluding carboxylic acids is 2. The first kappa shape index (κ1) is 25.0. The second-order valence-electron chi connectivity index (χ2n) is 7.82. The van der Waals surface area contributed by atoms with E-state index < -0.39 is 18.4 Å². The molecule has 0 aliphatic carbocycles. The summed E-state index contributed by atoms with van der Waals surface area (Å²) in [6, 6.07) is 12.7. The van der Waals surface area contributed by atoms with Crippen LogP contribution in [-0.4, -0.2) is 62.9 Å². The summed E-state index contributed by atoms with van der Waals surface area (Å²) in [5.74, 6) is -0.536. The molecule has 8 nitrogen and oxygen atoms in total. The van der Waals surface area contributed by atoms with Crippen molar-refractivity contribution < 1.29 is 29.0 Å². The van der Waals surface area contributed by atoms with Crippen molar-refractivity contribution >= 4 is 63.9 Å². The number of thioether (sulfide) groups is 1. The average molecular weight is 533 g/mol. The minimum atomic E-state index is -1.13. The molecular formula is C24H21ClN2O6S2. The average Bonchev–Trinajstić information content (AvgIpc) is 3.29. The number of carboxylic acids is 1. The Hall–Kier alpha value is -3.08. The molecule has 2 saturated heterocycles. The zero-order valence-electron chi connectivity index (χ0n) is 18.6. The fourth-order valence-electron chi connectivity index (χ4n) is 3.75. The van der Waals surface area contributed by atoms with Crippen LogP contribution in [0.4, 0.5) is 4.79 Å². The van der Waals surface area contributed by atoms with Crippen LogP contribution in [0.15, 0.2) is 47.4 Å². The van der Waals surface area contributed by atoms with Crippen molar-refractivity contribution in [3.63, 3.8) is 0 Å². The van der Waals surface area contributed by atoms with Crippen molar-refractivity contribution in [1.82, 2.24) is 9.80 Å². The lowest BCUT2D eigenvalue weighted by atomic mass is 10.1. The van der Waals surface area contributed by atoms with Gasteiger partial charge in [-0.1, -0.05) is 53.8 Å². The molecule has 2 heterocycles. The number of nitrogens with zero attached hydrogens (tertiary/aromatic N) is 2. The van der Waals surface area contributed by atoms with E-state index in [-0.39, 0.29) is 16.5 Å². The molecule has 1 atom stereocenters. The smallest absolute Gasteiger partial charge is 0.410 e. The molecular weight excluding hydrogens is 512 g/mol. The molecule has 0 saturated carbocycles. The molecule has 0 bridgehead atoms. The first-order valence-corrected chi connectivity index (χ1v) is 12.3. The number of ether oxygens (including phenoxy) is 2. The van der Waals surface area contributed by atoms with Gasteiger partial charge in [-0.2, -0.15) is 0 Å². The SMILES string of the molecule is CCN1C(=O)OCC1Cc1ccc(Oc2ccc(C=C3SC(=S)N(CC(=O)O)C3=O)cc2Cl)cc1. The van der Waals surface area contributed by atoms with Gasteiger partial charge in [-0.05, 0) is 54.8 Å². The lowest BCUT2D eigenvalue weighted by Crippen LogP contribution is -2.34. The van der Waals surface area contributed by atoms with Gasteiger partial charge in [0.1, 0.15) is 29.0 Å². The molecule has 2 aliphatic heterocycles. The largest absolute Gasteiger partial charge is 0.480 e. The molecule has 182 valence electrons. The van der Waals surface area contributed by atoms with Gasteiger partial charge in [0.05, 0.1) is 16.0 Å². The van der Waals surface area contributed by atoms with E-state index in [9.17, 15) is 14.4 Å². The van der Waals surface area contributed by atoms with Crippen molar-refractivity contribution in [2.24, 2.45) is 0 Å². The number of carboxylic acid groups (broad SMARTS) is 1. The minimum Gasteiger partial charge on any atom is -0.480 e. The third-order valence-electron chi connectivity index (χ3n) is 5.46. The maximum atomic E-state index is 12.4. The van der Waals surface area contributed by atoms with Gasteiger partial charge in [-0.25, -0.2) is 4.79 Å². The Morgan fingerprint density at radius 2 is 2.03 bits per heavy atom. The van der Waals surface area contributed by atoms with Crippen molar-refractivity contribution in [3.8, 4) is 11.5 Å². The maximum absolute atomic E-state index is 12.4. The minimum absolute atomic E-state index is 0.0193. The molecule has 2 fully saturated rings. The van der Waals surface area contributed by atoms with Crippen LogP contribution in [0.5, 0.6) is 11.5 Å². The van der Waals surface area contributed by atoms with Crippen LogP contribution in [0, 0.1) is 0 Å². The molecule has 0 radical (unpaired) electrons. The van der Waals surface area contributed by atoms with E-state index in [1.54, 1.807) is 29.2 Å². The lowest BCUT2D eigenvalue weighted by Gasteiger charge is -2.19. The maximum Gasteiger partial charge on any atom is 0.410 e. The molecule has 0 aromatic heterocycles. The number of rotatable bonds is 8. The highest BCUT2D eigenvalue weighted by Gasteiger charge is 2.33. The number of carbonyl (C=O) groups is 3. The topological polar surface area (TPSA) is 96.4 Å². The Kier molecular flexibility index (Phi) is 7.63. The van der Waals surface area contributed by atoms with Gasteiger partial charge >= 0.3 is 12.1 Å². The number of aliphatic carboxylic acids is 1. The molecule has 2 aromatic carbocycles. The molecule has 2 aliphatic rings. The summed E-state index contributed by atoms with van der Waals surface area (Å²) in [5.41, 5.74) is 1.71. The first-order chi connectivity index (χ1) is 16.7. The summed E-state index contributed by atoms with van der Waals surface area (Å²) in [7, 11) is 0. The van der Waals surface area contributed by atoms with Gasteiger partial charge in [-0.3, -0.25) is 14.5 Å². The second kappa shape index (κ2) is 10.7.